The second-order valence-corrected chi connectivity index (χ2v) is 3.77. The summed E-state index contributed by atoms with van der Waals surface area (Å²) in [6, 6.07) is 10.0. The molecule has 0 aromatic heterocycles. The molecule has 78 valence electrons. The number of hydrogen-bond acceptors (Lipinski definition) is 3. The SMILES string of the molecule is CC1NCCOC1c1ccc(C#N)cc1. The number of benzene rings is 1. The quantitative estimate of drug-likeness (QED) is 0.752. The molecular formula is C12H14N2O. The van der Waals surface area contributed by atoms with E-state index in [1.165, 1.54) is 0 Å². The van der Waals surface area contributed by atoms with Crippen molar-refractivity contribution in [2.45, 2.75) is 19.1 Å². The fourth-order valence-electron chi connectivity index (χ4n) is 1.86. The Hall–Kier alpha value is -1.37. The molecular weight excluding hydrogens is 188 g/mol. The Morgan fingerprint density at radius 3 is 2.73 bits per heavy atom. The predicted octanol–water partition coefficient (Wildman–Crippen LogP) is 1.61. The topological polar surface area (TPSA) is 45.0 Å². The normalized spacial score (nSPS) is 25.9. The number of hydrogen-bond donors (Lipinski definition) is 1. The number of morpholine rings is 1. The van der Waals surface area contributed by atoms with Gasteiger partial charge in [-0.3, -0.25) is 0 Å². The van der Waals surface area contributed by atoms with Gasteiger partial charge in [0.2, 0.25) is 0 Å². The monoisotopic (exact) mass is 202 g/mol. The Kier molecular flexibility index (Phi) is 3.00. The number of nitrogens with zero attached hydrogens (tertiary/aromatic N) is 1. The molecule has 15 heavy (non-hydrogen) atoms. The van der Waals surface area contributed by atoms with Crippen LogP contribution in [0.15, 0.2) is 24.3 Å². The van der Waals surface area contributed by atoms with Gasteiger partial charge in [0.25, 0.3) is 0 Å². The highest BCUT2D eigenvalue weighted by Crippen LogP contribution is 2.23. The van der Waals surface area contributed by atoms with Crippen LogP contribution in [0.3, 0.4) is 0 Å². The summed E-state index contributed by atoms with van der Waals surface area (Å²) in [4.78, 5) is 0. The molecule has 1 saturated heterocycles. The summed E-state index contributed by atoms with van der Waals surface area (Å²) in [7, 11) is 0. The van der Waals surface area contributed by atoms with Crippen molar-refractivity contribution in [1.82, 2.24) is 5.32 Å². The predicted molar refractivity (Wildman–Crippen MR) is 57.3 cm³/mol. The summed E-state index contributed by atoms with van der Waals surface area (Å²) >= 11 is 0. The lowest BCUT2D eigenvalue weighted by Gasteiger charge is -2.30. The average molecular weight is 202 g/mol. The molecule has 0 aliphatic carbocycles. The van der Waals surface area contributed by atoms with Crippen LogP contribution in [0.1, 0.15) is 24.2 Å². The number of nitrogens with one attached hydrogen (secondary N) is 1. The standard InChI is InChI=1S/C12H14N2O/c1-9-12(15-7-6-14-9)11-4-2-10(8-13)3-5-11/h2-5,9,12,14H,6-7H2,1H3. The third-order valence-electron chi connectivity index (χ3n) is 2.69. The van der Waals surface area contributed by atoms with Crippen LogP contribution in [-0.4, -0.2) is 19.2 Å². The summed E-state index contributed by atoms with van der Waals surface area (Å²) < 4.78 is 5.70. The second kappa shape index (κ2) is 4.43. The molecule has 1 aromatic rings. The molecule has 0 radical (unpaired) electrons. The first-order chi connectivity index (χ1) is 7.31. The van der Waals surface area contributed by atoms with Crippen molar-refractivity contribution in [1.29, 1.82) is 5.26 Å². The van der Waals surface area contributed by atoms with Gasteiger partial charge < -0.3 is 10.1 Å². The Bertz CT molecular complexity index is 366. The fraction of sp³-hybridized carbons (Fsp3) is 0.417. The van der Waals surface area contributed by atoms with E-state index in [9.17, 15) is 0 Å². The number of nitriles is 1. The Morgan fingerprint density at radius 1 is 1.40 bits per heavy atom. The highest BCUT2D eigenvalue weighted by molar-refractivity contribution is 5.33. The van der Waals surface area contributed by atoms with Crippen LogP contribution in [0.2, 0.25) is 0 Å². The summed E-state index contributed by atoms with van der Waals surface area (Å²) in [6.07, 6.45) is 0.103. The van der Waals surface area contributed by atoms with E-state index in [0.717, 1.165) is 18.7 Å². The molecule has 3 heteroatoms. The zero-order valence-corrected chi connectivity index (χ0v) is 8.73. The highest BCUT2D eigenvalue weighted by Gasteiger charge is 2.22. The molecule has 3 nitrogen and oxygen atoms in total. The molecule has 0 saturated carbocycles. The van der Waals surface area contributed by atoms with Crippen molar-refractivity contribution in [3.8, 4) is 6.07 Å². The molecule has 1 fully saturated rings. The minimum atomic E-state index is 0.103. The Balaban J connectivity index is 2.18. The van der Waals surface area contributed by atoms with E-state index in [2.05, 4.69) is 18.3 Å². The maximum absolute atomic E-state index is 8.70. The van der Waals surface area contributed by atoms with Crippen LogP contribution < -0.4 is 5.32 Å². The smallest absolute Gasteiger partial charge is 0.0991 e. The van der Waals surface area contributed by atoms with Gasteiger partial charge in [0.1, 0.15) is 0 Å². The zero-order chi connectivity index (χ0) is 10.7. The van der Waals surface area contributed by atoms with Crippen LogP contribution in [0.4, 0.5) is 0 Å². The summed E-state index contributed by atoms with van der Waals surface area (Å²) in [5.74, 6) is 0. The van der Waals surface area contributed by atoms with E-state index in [1.54, 1.807) is 0 Å². The van der Waals surface area contributed by atoms with Gasteiger partial charge in [0, 0.05) is 12.6 Å². The van der Waals surface area contributed by atoms with E-state index in [4.69, 9.17) is 10.00 Å². The minimum absolute atomic E-state index is 0.103. The largest absolute Gasteiger partial charge is 0.371 e. The number of ether oxygens (including phenoxy) is 1. The van der Waals surface area contributed by atoms with Crippen molar-refractivity contribution in [2.75, 3.05) is 13.2 Å². The molecule has 1 heterocycles. The maximum Gasteiger partial charge on any atom is 0.0991 e. The lowest BCUT2D eigenvalue weighted by molar-refractivity contribution is -0.000223. The zero-order valence-electron chi connectivity index (χ0n) is 8.73. The molecule has 0 amide bonds. The Labute approximate surface area is 89.7 Å². The fourth-order valence-corrected chi connectivity index (χ4v) is 1.86. The maximum atomic E-state index is 8.70. The van der Waals surface area contributed by atoms with Crippen LogP contribution in [0.25, 0.3) is 0 Å². The van der Waals surface area contributed by atoms with Crippen LogP contribution >= 0.6 is 0 Å². The van der Waals surface area contributed by atoms with Gasteiger partial charge in [-0.1, -0.05) is 12.1 Å². The first-order valence-corrected chi connectivity index (χ1v) is 5.16. The van der Waals surface area contributed by atoms with E-state index in [1.807, 2.05) is 24.3 Å². The van der Waals surface area contributed by atoms with Crippen molar-refractivity contribution in [3.05, 3.63) is 35.4 Å². The van der Waals surface area contributed by atoms with Crippen molar-refractivity contribution >= 4 is 0 Å². The van der Waals surface area contributed by atoms with Gasteiger partial charge >= 0.3 is 0 Å². The van der Waals surface area contributed by atoms with Crippen molar-refractivity contribution in [3.63, 3.8) is 0 Å². The highest BCUT2D eigenvalue weighted by atomic mass is 16.5. The Morgan fingerprint density at radius 2 is 2.13 bits per heavy atom. The molecule has 0 bridgehead atoms. The van der Waals surface area contributed by atoms with Crippen molar-refractivity contribution < 1.29 is 4.74 Å². The van der Waals surface area contributed by atoms with Gasteiger partial charge in [-0.25, -0.2) is 0 Å². The van der Waals surface area contributed by atoms with E-state index < -0.39 is 0 Å². The third kappa shape index (κ3) is 2.17. The molecule has 1 aliphatic heterocycles. The molecule has 1 aromatic carbocycles. The molecule has 2 rings (SSSR count). The molecule has 2 unspecified atom stereocenters. The minimum Gasteiger partial charge on any atom is -0.371 e. The van der Waals surface area contributed by atoms with E-state index in [0.29, 0.717) is 11.6 Å². The van der Waals surface area contributed by atoms with Gasteiger partial charge in [-0.05, 0) is 24.6 Å². The van der Waals surface area contributed by atoms with Crippen LogP contribution in [0.5, 0.6) is 0 Å². The van der Waals surface area contributed by atoms with Gasteiger partial charge in [0.05, 0.1) is 24.3 Å². The lowest BCUT2D eigenvalue weighted by Crippen LogP contribution is -2.41. The number of rotatable bonds is 1. The molecule has 1 aliphatic rings. The third-order valence-corrected chi connectivity index (χ3v) is 2.69. The van der Waals surface area contributed by atoms with E-state index >= 15 is 0 Å². The summed E-state index contributed by atoms with van der Waals surface area (Å²) in [6.45, 7) is 3.77. The van der Waals surface area contributed by atoms with Crippen LogP contribution in [-0.2, 0) is 4.74 Å². The summed E-state index contributed by atoms with van der Waals surface area (Å²) in [5.41, 5.74) is 1.82. The molecule has 1 N–H and O–H groups in total. The summed E-state index contributed by atoms with van der Waals surface area (Å²) in [5, 5.41) is 12.1. The van der Waals surface area contributed by atoms with Crippen LogP contribution in [0, 0.1) is 11.3 Å². The lowest BCUT2D eigenvalue weighted by atomic mass is 10.0. The average Bonchev–Trinajstić information content (AvgIpc) is 2.30. The van der Waals surface area contributed by atoms with Gasteiger partial charge in [0.15, 0.2) is 0 Å². The first kappa shape index (κ1) is 10.2. The first-order valence-electron chi connectivity index (χ1n) is 5.16. The van der Waals surface area contributed by atoms with E-state index in [-0.39, 0.29) is 6.10 Å². The second-order valence-electron chi connectivity index (χ2n) is 3.77. The molecule has 2 atom stereocenters. The molecule has 0 spiro atoms. The van der Waals surface area contributed by atoms with Gasteiger partial charge in [-0.15, -0.1) is 0 Å². The van der Waals surface area contributed by atoms with Gasteiger partial charge in [-0.2, -0.15) is 5.26 Å². The van der Waals surface area contributed by atoms with Crippen molar-refractivity contribution in [2.24, 2.45) is 0 Å².